The normalized spacial score (nSPS) is 32.0. The van der Waals surface area contributed by atoms with Gasteiger partial charge in [-0.05, 0) is 56.9 Å². The van der Waals surface area contributed by atoms with Crippen LogP contribution in [0.2, 0.25) is 5.02 Å². The van der Waals surface area contributed by atoms with Crippen molar-refractivity contribution in [3.63, 3.8) is 0 Å². The molecule has 0 radical (unpaired) electrons. The lowest BCUT2D eigenvalue weighted by atomic mass is 9.85. The highest BCUT2D eigenvalue weighted by atomic mass is 35.5. The monoisotopic (exact) mass is 401 g/mol. The number of aromatic nitrogens is 3. The number of hydrogen-bond acceptors (Lipinski definition) is 4. The molecule has 0 aromatic carbocycles. The molecule has 2 saturated heterocycles. The fourth-order valence-corrected chi connectivity index (χ4v) is 6.30. The second kappa shape index (κ2) is 8.19. The van der Waals surface area contributed by atoms with Gasteiger partial charge in [-0.2, -0.15) is 0 Å². The van der Waals surface area contributed by atoms with Gasteiger partial charge < -0.3 is 15.2 Å². The topological polar surface area (TPSA) is 56.8 Å². The number of fused-ring (bicyclic) bond motifs is 3. The van der Waals surface area contributed by atoms with Gasteiger partial charge in [0.05, 0.1) is 10.4 Å². The van der Waals surface area contributed by atoms with Crippen LogP contribution in [0.3, 0.4) is 0 Å². The average molecular weight is 402 g/mol. The Morgan fingerprint density at radius 3 is 2.64 bits per heavy atom. The van der Waals surface area contributed by atoms with E-state index in [0.717, 1.165) is 46.3 Å². The number of H-pyrrole nitrogens is 1. The molecule has 0 spiro atoms. The van der Waals surface area contributed by atoms with E-state index < -0.39 is 0 Å². The van der Waals surface area contributed by atoms with E-state index in [9.17, 15) is 0 Å². The summed E-state index contributed by atoms with van der Waals surface area (Å²) in [6, 6.07) is 1.57. The van der Waals surface area contributed by atoms with Crippen molar-refractivity contribution in [1.82, 2.24) is 20.3 Å². The van der Waals surface area contributed by atoms with Crippen LogP contribution in [0.5, 0.6) is 0 Å². The van der Waals surface area contributed by atoms with Crippen molar-refractivity contribution in [2.45, 2.75) is 76.3 Å². The van der Waals surface area contributed by atoms with Gasteiger partial charge in [0.1, 0.15) is 17.8 Å². The van der Waals surface area contributed by atoms with Crippen molar-refractivity contribution in [2.24, 2.45) is 11.8 Å². The summed E-state index contributed by atoms with van der Waals surface area (Å²) in [5.74, 6) is 2.92. The third kappa shape index (κ3) is 3.52. The summed E-state index contributed by atoms with van der Waals surface area (Å²) < 4.78 is 0. The van der Waals surface area contributed by atoms with Crippen molar-refractivity contribution in [3.8, 4) is 0 Å². The Balaban J connectivity index is 0.000000158. The molecule has 4 unspecified atom stereocenters. The minimum Gasteiger partial charge on any atom is -0.353 e. The zero-order chi connectivity index (χ0) is 18.9. The highest BCUT2D eigenvalue weighted by Crippen LogP contribution is 2.41. The van der Waals surface area contributed by atoms with E-state index in [0.29, 0.717) is 6.04 Å². The van der Waals surface area contributed by atoms with Gasteiger partial charge in [-0.3, -0.25) is 0 Å². The van der Waals surface area contributed by atoms with Crippen molar-refractivity contribution in [2.75, 3.05) is 18.0 Å². The fraction of sp³-hybridized carbons (Fsp3) is 0.727. The second-order valence-corrected chi connectivity index (χ2v) is 9.45. The minimum absolute atomic E-state index is 0.651. The first-order valence-corrected chi connectivity index (χ1v) is 11.7. The van der Waals surface area contributed by atoms with E-state index in [2.05, 4.69) is 25.2 Å². The molecule has 152 valence electrons. The highest BCUT2D eigenvalue weighted by Gasteiger charge is 2.37. The molecule has 2 aromatic rings. The molecule has 0 amide bonds. The number of rotatable bonds is 1. The highest BCUT2D eigenvalue weighted by molar-refractivity contribution is 6.36. The molecular formula is C22H32ClN5. The largest absolute Gasteiger partial charge is 0.353 e. The van der Waals surface area contributed by atoms with E-state index in [1.807, 2.05) is 0 Å². The second-order valence-electron chi connectivity index (χ2n) is 9.05. The van der Waals surface area contributed by atoms with Crippen LogP contribution in [-0.4, -0.2) is 40.1 Å². The maximum atomic E-state index is 6.29. The predicted octanol–water partition coefficient (Wildman–Crippen LogP) is 4.92. The predicted molar refractivity (Wildman–Crippen MR) is 115 cm³/mol. The van der Waals surface area contributed by atoms with Crippen molar-refractivity contribution in [3.05, 3.63) is 17.5 Å². The van der Waals surface area contributed by atoms with Crippen LogP contribution in [0.25, 0.3) is 11.0 Å². The summed E-state index contributed by atoms with van der Waals surface area (Å²) in [6.07, 6.45) is 17.5. The van der Waals surface area contributed by atoms with Gasteiger partial charge in [0, 0.05) is 24.8 Å². The molecule has 6 heteroatoms. The average Bonchev–Trinajstić information content (AvgIpc) is 3.47. The molecule has 6 rings (SSSR count). The van der Waals surface area contributed by atoms with Crippen LogP contribution < -0.4 is 10.2 Å². The van der Waals surface area contributed by atoms with Gasteiger partial charge in [-0.25, -0.2) is 9.97 Å². The quantitative estimate of drug-likeness (QED) is 0.712. The van der Waals surface area contributed by atoms with Crippen LogP contribution >= 0.6 is 11.6 Å². The van der Waals surface area contributed by atoms with Crippen molar-refractivity contribution in [1.29, 1.82) is 0 Å². The van der Waals surface area contributed by atoms with Crippen LogP contribution in [-0.2, 0) is 0 Å². The Morgan fingerprint density at radius 1 is 0.929 bits per heavy atom. The smallest absolute Gasteiger partial charge is 0.144 e. The molecule has 4 aliphatic rings. The Labute approximate surface area is 172 Å². The number of nitrogens with one attached hydrogen (secondary N) is 2. The Bertz CT molecular complexity index is 793. The van der Waals surface area contributed by atoms with E-state index >= 15 is 0 Å². The van der Waals surface area contributed by atoms with Crippen molar-refractivity contribution < 1.29 is 0 Å². The maximum absolute atomic E-state index is 6.29. The maximum Gasteiger partial charge on any atom is 0.144 e. The Kier molecular flexibility index (Phi) is 5.47. The molecule has 2 saturated carbocycles. The van der Waals surface area contributed by atoms with Crippen LogP contribution in [0.1, 0.15) is 64.2 Å². The van der Waals surface area contributed by atoms with Gasteiger partial charge in [0.15, 0.2) is 0 Å². The van der Waals surface area contributed by atoms with Crippen LogP contribution in [0.15, 0.2) is 12.5 Å². The lowest BCUT2D eigenvalue weighted by molar-refractivity contribution is 0.326. The summed E-state index contributed by atoms with van der Waals surface area (Å²) in [7, 11) is 0. The van der Waals surface area contributed by atoms with Crippen LogP contribution in [0.4, 0.5) is 5.82 Å². The zero-order valence-corrected chi connectivity index (χ0v) is 17.4. The Morgan fingerprint density at radius 2 is 1.75 bits per heavy atom. The molecule has 2 aliphatic carbocycles. The first-order chi connectivity index (χ1) is 13.8. The lowest BCUT2D eigenvalue weighted by Crippen LogP contribution is -2.35. The van der Waals surface area contributed by atoms with Gasteiger partial charge >= 0.3 is 0 Å². The third-order valence-corrected chi connectivity index (χ3v) is 7.81. The van der Waals surface area contributed by atoms with E-state index in [4.69, 9.17) is 11.6 Å². The Hall–Kier alpha value is -1.33. The first kappa shape index (κ1) is 18.7. The summed E-state index contributed by atoms with van der Waals surface area (Å²) >= 11 is 6.29. The molecule has 0 bridgehead atoms. The zero-order valence-electron chi connectivity index (χ0n) is 16.7. The SMILES string of the molecule is C1CCC2NCCC2C1.Clc1c[nH]c2ncnc(N3CCC4CCCCC43)c12. The van der Waals surface area contributed by atoms with Gasteiger partial charge in [-0.15, -0.1) is 0 Å². The van der Waals surface area contributed by atoms with E-state index in [1.54, 1.807) is 12.5 Å². The van der Waals surface area contributed by atoms with Crippen LogP contribution in [0, 0.1) is 11.8 Å². The molecule has 2 aromatic heterocycles. The van der Waals surface area contributed by atoms with Gasteiger partial charge in [0.25, 0.3) is 0 Å². The number of nitrogens with zero attached hydrogens (tertiary/aromatic N) is 3. The molecule has 4 fully saturated rings. The number of anilines is 1. The summed E-state index contributed by atoms with van der Waals surface area (Å²) in [5.41, 5.74) is 0.842. The third-order valence-electron chi connectivity index (χ3n) is 7.51. The molecule has 5 nitrogen and oxygen atoms in total. The lowest BCUT2D eigenvalue weighted by Gasteiger charge is -2.32. The molecule has 28 heavy (non-hydrogen) atoms. The van der Waals surface area contributed by atoms with E-state index in [1.165, 1.54) is 70.8 Å². The molecule has 4 atom stereocenters. The number of hydrogen-bond donors (Lipinski definition) is 2. The number of aromatic amines is 1. The molecule has 2 N–H and O–H groups in total. The molecule has 4 heterocycles. The van der Waals surface area contributed by atoms with Gasteiger partial charge in [-0.1, -0.05) is 37.3 Å². The van der Waals surface area contributed by atoms with E-state index in [-0.39, 0.29) is 0 Å². The standard InChI is InChI=1S/C14H17ClN4.C8H15N/c15-10-7-16-13-12(10)14(18-8-17-13)19-6-5-9-3-1-2-4-11(9)19;1-2-4-8-7(3-1)5-6-9-8/h7-9,11H,1-6H2,(H,16,17,18);7-9H,1-6H2. The summed E-state index contributed by atoms with van der Waals surface area (Å²) in [6.45, 7) is 2.39. The fourth-order valence-electron chi connectivity index (χ4n) is 6.07. The number of halogens is 1. The van der Waals surface area contributed by atoms with Crippen molar-refractivity contribution >= 4 is 28.5 Å². The molecule has 2 aliphatic heterocycles. The minimum atomic E-state index is 0.651. The first-order valence-electron chi connectivity index (χ1n) is 11.3. The molecular weight excluding hydrogens is 370 g/mol. The van der Waals surface area contributed by atoms with Gasteiger partial charge in [0.2, 0.25) is 0 Å². The summed E-state index contributed by atoms with van der Waals surface area (Å²) in [4.78, 5) is 14.4. The summed E-state index contributed by atoms with van der Waals surface area (Å²) in [5, 5.41) is 5.27.